The molecule has 4 rings (SSSR count). The summed E-state index contributed by atoms with van der Waals surface area (Å²) in [5.74, 6) is -0.455. The second kappa shape index (κ2) is 8.37. The Morgan fingerprint density at radius 2 is 1.86 bits per heavy atom. The van der Waals surface area contributed by atoms with Crippen molar-refractivity contribution in [2.45, 2.75) is 38.2 Å². The van der Waals surface area contributed by atoms with E-state index >= 15 is 0 Å². The molecule has 2 heterocycles. The molecule has 1 atom stereocenters. The molecule has 1 fully saturated rings. The zero-order valence-corrected chi connectivity index (χ0v) is 16.0. The predicted molar refractivity (Wildman–Crippen MR) is 106 cm³/mol. The molecule has 4 nitrogen and oxygen atoms in total. The Morgan fingerprint density at radius 1 is 1.10 bits per heavy atom. The van der Waals surface area contributed by atoms with E-state index in [9.17, 15) is 13.2 Å². The van der Waals surface area contributed by atoms with Gasteiger partial charge < -0.3 is 10.1 Å². The van der Waals surface area contributed by atoms with Gasteiger partial charge in [0.05, 0.1) is 29.0 Å². The van der Waals surface area contributed by atoms with E-state index in [1.165, 1.54) is 17.7 Å². The molecule has 2 aromatic carbocycles. The van der Waals surface area contributed by atoms with Gasteiger partial charge in [-0.05, 0) is 43.4 Å². The van der Waals surface area contributed by atoms with Crippen molar-refractivity contribution in [3.8, 4) is 0 Å². The highest BCUT2D eigenvalue weighted by atomic mass is 19.3. The van der Waals surface area contributed by atoms with E-state index in [1.54, 1.807) is 13.1 Å². The standard InChI is InChI=1S/C22H22F3N3O/c1-13(16-3-2-4-17(21(16)23)22(24)25)27-20-12-26-28-19-6-5-15(11-18(19)20)14-7-9-29-10-8-14/h2-6,11-14,22H,7-10H2,1H3,(H,27,28)/t13-/m1/s1. The number of rotatable bonds is 5. The molecule has 0 amide bonds. The molecule has 29 heavy (non-hydrogen) atoms. The van der Waals surface area contributed by atoms with Crippen LogP contribution in [0.2, 0.25) is 0 Å². The number of benzene rings is 2. The molecule has 0 unspecified atom stereocenters. The van der Waals surface area contributed by atoms with E-state index in [0.29, 0.717) is 11.6 Å². The normalized spacial score (nSPS) is 16.3. The number of nitrogens with one attached hydrogen (secondary N) is 1. The van der Waals surface area contributed by atoms with Gasteiger partial charge in [0.2, 0.25) is 0 Å². The Hall–Kier alpha value is -2.67. The van der Waals surface area contributed by atoms with Gasteiger partial charge in [-0.1, -0.05) is 24.3 Å². The molecule has 0 radical (unpaired) electrons. The summed E-state index contributed by atoms with van der Waals surface area (Å²) in [5, 5.41) is 12.3. The zero-order valence-electron chi connectivity index (χ0n) is 16.0. The lowest BCUT2D eigenvalue weighted by Crippen LogP contribution is -2.14. The summed E-state index contributed by atoms with van der Waals surface area (Å²) in [6.07, 6.45) is 0.665. The van der Waals surface area contributed by atoms with Crippen molar-refractivity contribution in [3.63, 3.8) is 0 Å². The van der Waals surface area contributed by atoms with Gasteiger partial charge in [0.25, 0.3) is 6.43 Å². The van der Waals surface area contributed by atoms with Gasteiger partial charge in [-0.25, -0.2) is 13.2 Å². The minimum atomic E-state index is -2.85. The fourth-order valence-electron chi connectivity index (χ4n) is 3.86. The quantitative estimate of drug-likeness (QED) is 0.589. The van der Waals surface area contributed by atoms with E-state index in [1.807, 2.05) is 6.07 Å². The average Bonchev–Trinajstić information content (AvgIpc) is 2.74. The minimum Gasteiger partial charge on any atom is -0.381 e. The molecule has 1 aromatic heterocycles. The van der Waals surface area contributed by atoms with Crippen molar-refractivity contribution in [1.29, 1.82) is 0 Å². The second-order valence-corrected chi connectivity index (χ2v) is 7.34. The summed E-state index contributed by atoms with van der Waals surface area (Å²) >= 11 is 0. The molecule has 1 aliphatic rings. The zero-order chi connectivity index (χ0) is 20.4. The maximum absolute atomic E-state index is 14.5. The van der Waals surface area contributed by atoms with E-state index in [0.717, 1.165) is 43.0 Å². The lowest BCUT2D eigenvalue weighted by molar-refractivity contribution is 0.0853. The van der Waals surface area contributed by atoms with Crippen LogP contribution in [0.3, 0.4) is 0 Å². The molecule has 7 heteroatoms. The van der Waals surface area contributed by atoms with Crippen LogP contribution in [0.5, 0.6) is 0 Å². The van der Waals surface area contributed by atoms with Crippen molar-refractivity contribution in [2.75, 3.05) is 18.5 Å². The first-order valence-electron chi connectivity index (χ1n) is 9.70. The van der Waals surface area contributed by atoms with Crippen molar-refractivity contribution >= 4 is 16.6 Å². The topological polar surface area (TPSA) is 47.0 Å². The third-order valence-electron chi connectivity index (χ3n) is 5.49. The maximum atomic E-state index is 14.5. The Kier molecular flexibility index (Phi) is 5.67. The van der Waals surface area contributed by atoms with E-state index in [2.05, 4.69) is 27.6 Å². The summed E-state index contributed by atoms with van der Waals surface area (Å²) in [6, 6.07) is 9.63. The van der Waals surface area contributed by atoms with Crippen LogP contribution in [-0.4, -0.2) is 23.4 Å². The second-order valence-electron chi connectivity index (χ2n) is 7.34. The first-order chi connectivity index (χ1) is 14.0. The Balaban J connectivity index is 1.66. The van der Waals surface area contributed by atoms with Crippen LogP contribution in [0.1, 0.15) is 54.8 Å². The number of halogens is 3. The third kappa shape index (κ3) is 4.05. The molecule has 152 valence electrons. The third-order valence-corrected chi connectivity index (χ3v) is 5.49. The Morgan fingerprint density at radius 3 is 2.62 bits per heavy atom. The van der Waals surface area contributed by atoms with E-state index in [4.69, 9.17) is 4.74 Å². The lowest BCUT2D eigenvalue weighted by Gasteiger charge is -2.23. The van der Waals surface area contributed by atoms with Crippen LogP contribution in [0.4, 0.5) is 18.9 Å². The molecule has 0 aliphatic carbocycles. The number of anilines is 1. The van der Waals surface area contributed by atoms with Crippen LogP contribution in [-0.2, 0) is 4.74 Å². The highest BCUT2D eigenvalue weighted by molar-refractivity contribution is 5.91. The van der Waals surface area contributed by atoms with Crippen molar-refractivity contribution < 1.29 is 17.9 Å². The Bertz CT molecular complexity index is 1010. The number of aromatic nitrogens is 2. The number of fused-ring (bicyclic) bond motifs is 1. The Labute approximate surface area is 167 Å². The number of alkyl halides is 2. The number of hydrogen-bond acceptors (Lipinski definition) is 4. The maximum Gasteiger partial charge on any atom is 0.266 e. The van der Waals surface area contributed by atoms with Crippen LogP contribution < -0.4 is 5.32 Å². The molecule has 0 saturated carbocycles. The van der Waals surface area contributed by atoms with Gasteiger partial charge in [-0.15, -0.1) is 0 Å². The molecule has 0 spiro atoms. The van der Waals surface area contributed by atoms with Crippen LogP contribution >= 0.6 is 0 Å². The van der Waals surface area contributed by atoms with Crippen LogP contribution in [0, 0.1) is 5.82 Å². The number of hydrogen-bond donors (Lipinski definition) is 1. The van der Waals surface area contributed by atoms with Gasteiger partial charge >= 0.3 is 0 Å². The predicted octanol–water partition coefficient (Wildman–Crippen LogP) is 5.77. The van der Waals surface area contributed by atoms with E-state index in [-0.39, 0.29) is 5.56 Å². The SMILES string of the molecule is C[C@@H](Nc1cnnc2ccc(C3CCOCC3)cc12)c1cccc(C(F)F)c1F. The molecule has 1 N–H and O–H groups in total. The molecule has 1 saturated heterocycles. The molecule has 3 aromatic rings. The monoisotopic (exact) mass is 401 g/mol. The summed E-state index contributed by atoms with van der Waals surface area (Å²) < 4.78 is 46.1. The van der Waals surface area contributed by atoms with Gasteiger partial charge in [0.1, 0.15) is 5.82 Å². The molecular formula is C22H22F3N3O. The number of ether oxygens (including phenoxy) is 1. The van der Waals surface area contributed by atoms with Gasteiger partial charge in [0.15, 0.2) is 0 Å². The summed E-state index contributed by atoms with van der Waals surface area (Å²) in [6.45, 7) is 3.24. The molecule has 1 aliphatic heterocycles. The average molecular weight is 401 g/mol. The van der Waals surface area contributed by atoms with Crippen molar-refractivity contribution in [2.24, 2.45) is 0 Å². The smallest absolute Gasteiger partial charge is 0.266 e. The number of nitrogens with zero attached hydrogens (tertiary/aromatic N) is 2. The van der Waals surface area contributed by atoms with Crippen LogP contribution in [0.25, 0.3) is 10.9 Å². The van der Waals surface area contributed by atoms with Gasteiger partial charge in [-0.2, -0.15) is 10.2 Å². The fraction of sp³-hybridized carbons (Fsp3) is 0.364. The highest BCUT2D eigenvalue weighted by Crippen LogP contribution is 2.33. The summed E-state index contributed by atoms with van der Waals surface area (Å²) in [5.41, 5.74) is 2.22. The van der Waals surface area contributed by atoms with Gasteiger partial charge in [0, 0.05) is 24.2 Å². The van der Waals surface area contributed by atoms with Crippen molar-refractivity contribution in [3.05, 3.63) is 65.1 Å². The first kappa shape index (κ1) is 19.6. The van der Waals surface area contributed by atoms with Crippen LogP contribution in [0.15, 0.2) is 42.6 Å². The summed E-state index contributed by atoms with van der Waals surface area (Å²) in [4.78, 5) is 0. The van der Waals surface area contributed by atoms with Crippen molar-refractivity contribution in [1.82, 2.24) is 10.2 Å². The molecule has 0 bridgehead atoms. The summed E-state index contributed by atoms with van der Waals surface area (Å²) in [7, 11) is 0. The lowest BCUT2D eigenvalue weighted by atomic mass is 9.91. The van der Waals surface area contributed by atoms with Gasteiger partial charge in [-0.3, -0.25) is 0 Å². The minimum absolute atomic E-state index is 0.188. The van der Waals surface area contributed by atoms with E-state index < -0.39 is 23.8 Å². The molecular weight excluding hydrogens is 379 g/mol. The fourth-order valence-corrected chi connectivity index (χ4v) is 3.86. The largest absolute Gasteiger partial charge is 0.381 e. The first-order valence-corrected chi connectivity index (χ1v) is 9.70. The highest BCUT2D eigenvalue weighted by Gasteiger charge is 2.21.